The molecule has 0 aliphatic carbocycles. The van der Waals surface area contributed by atoms with Crippen molar-refractivity contribution in [3.63, 3.8) is 0 Å². The van der Waals surface area contributed by atoms with E-state index in [9.17, 15) is 9.59 Å². The van der Waals surface area contributed by atoms with E-state index in [0.29, 0.717) is 5.69 Å². The van der Waals surface area contributed by atoms with Crippen molar-refractivity contribution < 1.29 is 4.79 Å². The SMILES string of the molecule is Cc1cc(C)c(C)c(SCC(=O)Nc2c(C)n(C)n(-c3ccccc3)c2=O)c1C. The Morgan fingerprint density at radius 1 is 1.00 bits per heavy atom. The van der Waals surface area contributed by atoms with Crippen LogP contribution in [0.5, 0.6) is 0 Å². The molecule has 0 atom stereocenters. The normalized spacial score (nSPS) is 11.0. The first-order chi connectivity index (χ1) is 13.7. The van der Waals surface area contributed by atoms with E-state index < -0.39 is 0 Å². The topological polar surface area (TPSA) is 56.0 Å². The summed E-state index contributed by atoms with van der Waals surface area (Å²) in [5.41, 5.74) is 6.43. The van der Waals surface area contributed by atoms with Crippen LogP contribution in [0.4, 0.5) is 5.69 Å². The molecule has 2 aromatic carbocycles. The molecule has 152 valence electrons. The third-order valence-electron chi connectivity index (χ3n) is 5.46. The quantitative estimate of drug-likeness (QED) is 0.634. The van der Waals surface area contributed by atoms with E-state index in [4.69, 9.17) is 0 Å². The van der Waals surface area contributed by atoms with Crippen LogP contribution in [0.2, 0.25) is 0 Å². The summed E-state index contributed by atoms with van der Waals surface area (Å²) in [6.07, 6.45) is 0. The van der Waals surface area contributed by atoms with E-state index in [1.165, 1.54) is 34.0 Å². The van der Waals surface area contributed by atoms with E-state index in [-0.39, 0.29) is 17.2 Å². The van der Waals surface area contributed by atoms with Crippen molar-refractivity contribution in [3.05, 3.63) is 74.7 Å². The third-order valence-corrected chi connectivity index (χ3v) is 6.77. The lowest BCUT2D eigenvalue weighted by Gasteiger charge is -2.14. The van der Waals surface area contributed by atoms with Gasteiger partial charge in [0.1, 0.15) is 5.69 Å². The number of nitrogens with one attached hydrogen (secondary N) is 1. The van der Waals surface area contributed by atoms with Crippen LogP contribution in [-0.4, -0.2) is 21.0 Å². The van der Waals surface area contributed by atoms with E-state index >= 15 is 0 Å². The molecule has 0 aliphatic rings. The van der Waals surface area contributed by atoms with Gasteiger partial charge in [-0.05, 0) is 69.0 Å². The van der Waals surface area contributed by atoms with Crippen LogP contribution in [0, 0.1) is 34.6 Å². The molecule has 0 unspecified atom stereocenters. The molecule has 3 rings (SSSR count). The van der Waals surface area contributed by atoms with Crippen LogP contribution in [0.1, 0.15) is 27.9 Å². The molecule has 1 aromatic heterocycles. The maximum atomic E-state index is 12.9. The average Bonchev–Trinajstić information content (AvgIpc) is 2.90. The second-order valence-electron chi connectivity index (χ2n) is 7.36. The zero-order chi connectivity index (χ0) is 21.3. The van der Waals surface area contributed by atoms with Crippen LogP contribution >= 0.6 is 11.8 Å². The van der Waals surface area contributed by atoms with Gasteiger partial charge in [0.15, 0.2) is 0 Å². The van der Waals surface area contributed by atoms with Crippen LogP contribution in [0.3, 0.4) is 0 Å². The molecule has 0 radical (unpaired) electrons. The van der Waals surface area contributed by atoms with Crippen LogP contribution < -0.4 is 10.9 Å². The van der Waals surface area contributed by atoms with E-state index in [0.717, 1.165) is 16.3 Å². The Morgan fingerprint density at radius 2 is 1.59 bits per heavy atom. The van der Waals surface area contributed by atoms with Crippen molar-refractivity contribution in [3.8, 4) is 5.69 Å². The number of thioether (sulfide) groups is 1. The fraction of sp³-hybridized carbons (Fsp3) is 0.304. The molecule has 1 heterocycles. The molecule has 0 spiro atoms. The molecule has 0 fully saturated rings. The summed E-state index contributed by atoms with van der Waals surface area (Å²) in [6.45, 7) is 10.2. The van der Waals surface area contributed by atoms with Gasteiger partial charge in [0.05, 0.1) is 17.1 Å². The zero-order valence-electron chi connectivity index (χ0n) is 17.8. The Labute approximate surface area is 175 Å². The van der Waals surface area contributed by atoms with Crippen molar-refractivity contribution in [2.45, 2.75) is 39.5 Å². The van der Waals surface area contributed by atoms with Crippen molar-refractivity contribution in [2.24, 2.45) is 7.05 Å². The Balaban J connectivity index is 1.82. The summed E-state index contributed by atoms with van der Waals surface area (Å²) >= 11 is 1.52. The van der Waals surface area contributed by atoms with Crippen molar-refractivity contribution in [1.82, 2.24) is 9.36 Å². The summed E-state index contributed by atoms with van der Waals surface area (Å²) in [5, 5.41) is 2.83. The number of carbonyl (C=O) groups is 1. The predicted octanol–water partition coefficient (Wildman–Crippen LogP) is 4.45. The summed E-state index contributed by atoms with van der Waals surface area (Å²) in [5.74, 6) is 0.0721. The Kier molecular flexibility index (Phi) is 6.03. The number of aryl methyl sites for hydroxylation is 2. The van der Waals surface area contributed by atoms with Gasteiger partial charge in [-0.15, -0.1) is 11.8 Å². The lowest BCUT2D eigenvalue weighted by molar-refractivity contribution is -0.113. The lowest BCUT2D eigenvalue weighted by atomic mass is 10.0. The molecule has 0 bridgehead atoms. The van der Waals surface area contributed by atoms with Crippen molar-refractivity contribution >= 4 is 23.4 Å². The maximum absolute atomic E-state index is 12.9. The van der Waals surface area contributed by atoms with E-state index in [1.54, 1.807) is 9.36 Å². The molecular formula is C23H27N3O2S. The molecule has 0 aliphatic heterocycles. The number of anilines is 1. The number of para-hydroxylation sites is 1. The third kappa shape index (κ3) is 4.03. The van der Waals surface area contributed by atoms with Crippen molar-refractivity contribution in [2.75, 3.05) is 11.1 Å². The van der Waals surface area contributed by atoms with Crippen LogP contribution in [0.25, 0.3) is 5.69 Å². The molecule has 0 saturated carbocycles. The van der Waals surface area contributed by atoms with Crippen LogP contribution in [-0.2, 0) is 11.8 Å². The predicted molar refractivity (Wildman–Crippen MR) is 120 cm³/mol. The van der Waals surface area contributed by atoms with Gasteiger partial charge in [-0.3, -0.25) is 14.3 Å². The van der Waals surface area contributed by atoms with Gasteiger partial charge in [0.2, 0.25) is 5.91 Å². The Bertz CT molecular complexity index is 1100. The molecular weight excluding hydrogens is 382 g/mol. The first-order valence-corrected chi connectivity index (χ1v) is 10.5. The smallest absolute Gasteiger partial charge is 0.295 e. The van der Waals surface area contributed by atoms with Crippen LogP contribution in [0.15, 0.2) is 46.1 Å². The highest BCUT2D eigenvalue weighted by molar-refractivity contribution is 8.00. The fourth-order valence-electron chi connectivity index (χ4n) is 3.42. The van der Waals surface area contributed by atoms with Crippen molar-refractivity contribution in [1.29, 1.82) is 0 Å². The minimum Gasteiger partial charge on any atom is -0.319 e. The fourth-order valence-corrected chi connectivity index (χ4v) is 4.53. The molecule has 1 amide bonds. The van der Waals surface area contributed by atoms with Gasteiger partial charge in [0.25, 0.3) is 5.56 Å². The highest BCUT2D eigenvalue weighted by Gasteiger charge is 2.19. The van der Waals surface area contributed by atoms with Gasteiger partial charge >= 0.3 is 0 Å². The summed E-state index contributed by atoms with van der Waals surface area (Å²) < 4.78 is 3.33. The standard InChI is InChI=1S/C23H27N3O2S/c1-14-12-15(2)17(4)22(16(14)3)29-13-20(27)24-21-18(5)25(6)26(23(21)28)19-10-8-7-9-11-19/h7-12H,13H2,1-6H3,(H,24,27). The second-order valence-corrected chi connectivity index (χ2v) is 8.35. The zero-order valence-corrected chi connectivity index (χ0v) is 18.6. The first-order valence-electron chi connectivity index (χ1n) is 9.56. The van der Waals surface area contributed by atoms with E-state index in [2.05, 4.69) is 39.1 Å². The number of nitrogens with zero attached hydrogens (tertiary/aromatic N) is 2. The highest BCUT2D eigenvalue weighted by Crippen LogP contribution is 2.31. The van der Waals surface area contributed by atoms with Gasteiger partial charge in [0, 0.05) is 11.9 Å². The summed E-state index contributed by atoms with van der Waals surface area (Å²) in [7, 11) is 1.82. The molecule has 5 nitrogen and oxygen atoms in total. The van der Waals surface area contributed by atoms with Gasteiger partial charge < -0.3 is 5.32 Å². The maximum Gasteiger partial charge on any atom is 0.295 e. The van der Waals surface area contributed by atoms with Gasteiger partial charge in [-0.1, -0.05) is 24.3 Å². The number of hydrogen-bond donors (Lipinski definition) is 1. The number of carbonyl (C=O) groups excluding carboxylic acids is 1. The van der Waals surface area contributed by atoms with Gasteiger partial charge in [-0.25, -0.2) is 4.68 Å². The number of amides is 1. The molecule has 29 heavy (non-hydrogen) atoms. The monoisotopic (exact) mass is 409 g/mol. The number of rotatable bonds is 5. The molecule has 1 N–H and O–H groups in total. The molecule has 3 aromatic rings. The minimum atomic E-state index is -0.228. The number of hydrogen-bond acceptors (Lipinski definition) is 3. The minimum absolute atomic E-state index is 0.182. The Hall–Kier alpha value is -2.73. The molecule has 0 saturated heterocycles. The Morgan fingerprint density at radius 3 is 2.17 bits per heavy atom. The summed E-state index contributed by atoms with van der Waals surface area (Å²) in [6, 6.07) is 11.6. The lowest BCUT2D eigenvalue weighted by Crippen LogP contribution is -2.23. The second kappa shape index (κ2) is 8.33. The molecule has 6 heteroatoms. The number of benzene rings is 2. The summed E-state index contributed by atoms with van der Waals surface area (Å²) in [4.78, 5) is 26.7. The first kappa shape index (κ1) is 21.0. The van der Waals surface area contributed by atoms with E-state index in [1.807, 2.05) is 44.3 Å². The highest BCUT2D eigenvalue weighted by atomic mass is 32.2. The largest absolute Gasteiger partial charge is 0.319 e. The van der Waals surface area contributed by atoms with Gasteiger partial charge in [-0.2, -0.15) is 0 Å². The average molecular weight is 410 g/mol. The number of aromatic nitrogens is 2.